The molecule has 7 heteroatoms. The van der Waals surface area contributed by atoms with Gasteiger partial charge in [-0.05, 0) is 32.5 Å². The molecule has 1 N–H and O–H groups in total. The van der Waals surface area contributed by atoms with Crippen LogP contribution in [0.5, 0.6) is 0 Å². The van der Waals surface area contributed by atoms with Crippen LogP contribution in [0.3, 0.4) is 0 Å². The van der Waals surface area contributed by atoms with Crippen molar-refractivity contribution >= 4 is 28.2 Å². The number of nitrogens with one attached hydrogen (secondary N) is 1. The molecule has 2 aromatic rings. The van der Waals surface area contributed by atoms with Crippen molar-refractivity contribution < 1.29 is 14.3 Å². The Hall–Kier alpha value is -2.69. The highest BCUT2D eigenvalue weighted by Crippen LogP contribution is 2.36. The highest BCUT2D eigenvalue weighted by molar-refractivity contribution is 7.20. The summed E-state index contributed by atoms with van der Waals surface area (Å²) in [6, 6.07) is 13.0. The van der Waals surface area contributed by atoms with Crippen LogP contribution in [0.25, 0.3) is 10.4 Å². The molecular weight excluding hydrogens is 362 g/mol. The Morgan fingerprint density at radius 2 is 2.04 bits per heavy atom. The van der Waals surface area contributed by atoms with E-state index in [1.54, 1.807) is 31.9 Å². The number of ether oxygens (including phenoxy) is 1. The second-order valence-corrected chi connectivity index (χ2v) is 7.05. The smallest absolute Gasteiger partial charge is 0.341 e. The Morgan fingerprint density at radius 1 is 1.33 bits per heavy atom. The van der Waals surface area contributed by atoms with Gasteiger partial charge in [0.05, 0.1) is 24.3 Å². The first-order chi connectivity index (χ1) is 13.0. The van der Waals surface area contributed by atoms with Crippen LogP contribution in [0.2, 0.25) is 0 Å². The zero-order valence-corrected chi connectivity index (χ0v) is 16.5. The molecule has 1 atom stereocenters. The molecule has 0 spiro atoms. The van der Waals surface area contributed by atoms with Gasteiger partial charge in [-0.25, -0.2) is 4.79 Å². The second kappa shape index (κ2) is 9.86. The molecule has 0 aliphatic carbocycles. The van der Waals surface area contributed by atoms with Gasteiger partial charge in [-0.1, -0.05) is 30.3 Å². The Labute approximate surface area is 163 Å². The van der Waals surface area contributed by atoms with Gasteiger partial charge in [-0.15, -0.1) is 11.3 Å². The molecule has 0 fully saturated rings. The SMILES string of the molecule is CCOC(=O)c1cc(-c2ccccc2)sc1NC(=O)[C@H](C)N(C)CCC#N. The minimum Gasteiger partial charge on any atom is -0.462 e. The fraction of sp³-hybridized carbons (Fsp3) is 0.350. The zero-order chi connectivity index (χ0) is 19.8. The van der Waals surface area contributed by atoms with Gasteiger partial charge >= 0.3 is 5.97 Å². The summed E-state index contributed by atoms with van der Waals surface area (Å²) in [4.78, 5) is 27.6. The van der Waals surface area contributed by atoms with E-state index in [0.717, 1.165) is 10.4 Å². The monoisotopic (exact) mass is 385 g/mol. The van der Waals surface area contributed by atoms with E-state index in [4.69, 9.17) is 10.00 Å². The number of hydrogen-bond donors (Lipinski definition) is 1. The number of amides is 1. The Balaban J connectivity index is 2.26. The highest BCUT2D eigenvalue weighted by Gasteiger charge is 2.23. The Morgan fingerprint density at radius 3 is 2.67 bits per heavy atom. The lowest BCUT2D eigenvalue weighted by Gasteiger charge is -2.22. The molecule has 142 valence electrons. The van der Waals surface area contributed by atoms with E-state index >= 15 is 0 Å². The van der Waals surface area contributed by atoms with Crippen LogP contribution in [0.15, 0.2) is 36.4 Å². The van der Waals surface area contributed by atoms with Crippen molar-refractivity contribution in [2.45, 2.75) is 26.3 Å². The van der Waals surface area contributed by atoms with Gasteiger partial charge in [-0.3, -0.25) is 9.69 Å². The third-order valence-corrected chi connectivity index (χ3v) is 5.24. The van der Waals surface area contributed by atoms with Gasteiger partial charge in [0.15, 0.2) is 0 Å². The maximum absolute atomic E-state index is 12.6. The van der Waals surface area contributed by atoms with E-state index < -0.39 is 12.0 Å². The second-order valence-electron chi connectivity index (χ2n) is 5.99. The maximum Gasteiger partial charge on any atom is 0.341 e. The molecule has 0 saturated carbocycles. The van der Waals surface area contributed by atoms with Crippen molar-refractivity contribution in [3.8, 4) is 16.5 Å². The lowest BCUT2D eigenvalue weighted by Crippen LogP contribution is -2.40. The summed E-state index contributed by atoms with van der Waals surface area (Å²) in [7, 11) is 1.79. The zero-order valence-electron chi connectivity index (χ0n) is 15.7. The van der Waals surface area contributed by atoms with Gasteiger partial charge in [0.1, 0.15) is 5.00 Å². The molecule has 0 aliphatic heterocycles. The average molecular weight is 385 g/mol. The van der Waals surface area contributed by atoms with E-state index in [-0.39, 0.29) is 12.5 Å². The summed E-state index contributed by atoms with van der Waals surface area (Å²) in [6.45, 7) is 4.26. The Kier molecular flexibility index (Phi) is 7.53. The van der Waals surface area contributed by atoms with Gasteiger partial charge in [0, 0.05) is 17.8 Å². The van der Waals surface area contributed by atoms with Crippen LogP contribution in [0, 0.1) is 11.3 Å². The third kappa shape index (κ3) is 5.39. The molecule has 2 rings (SSSR count). The quantitative estimate of drug-likeness (QED) is 0.700. The molecule has 6 nitrogen and oxygen atoms in total. The summed E-state index contributed by atoms with van der Waals surface area (Å²) >= 11 is 1.34. The normalized spacial score (nSPS) is 11.7. The van der Waals surface area contributed by atoms with Crippen molar-refractivity contribution in [2.24, 2.45) is 0 Å². The summed E-state index contributed by atoms with van der Waals surface area (Å²) in [5.74, 6) is -0.695. The van der Waals surface area contributed by atoms with Crippen LogP contribution in [-0.2, 0) is 9.53 Å². The van der Waals surface area contributed by atoms with Gasteiger partial charge < -0.3 is 10.1 Å². The largest absolute Gasteiger partial charge is 0.462 e. The van der Waals surface area contributed by atoms with E-state index in [2.05, 4.69) is 11.4 Å². The molecule has 27 heavy (non-hydrogen) atoms. The van der Waals surface area contributed by atoms with E-state index in [1.807, 2.05) is 30.3 Å². The lowest BCUT2D eigenvalue weighted by molar-refractivity contribution is -0.120. The topological polar surface area (TPSA) is 82.4 Å². The predicted octanol–water partition coefficient (Wildman–Crippen LogP) is 3.76. The first-order valence-corrected chi connectivity index (χ1v) is 9.54. The molecule has 1 heterocycles. The first-order valence-electron chi connectivity index (χ1n) is 8.72. The fourth-order valence-electron chi connectivity index (χ4n) is 2.43. The lowest BCUT2D eigenvalue weighted by atomic mass is 10.1. The van der Waals surface area contributed by atoms with Gasteiger partial charge in [0.2, 0.25) is 5.91 Å². The van der Waals surface area contributed by atoms with Crippen molar-refractivity contribution in [3.05, 3.63) is 42.0 Å². The molecule has 1 amide bonds. The van der Waals surface area contributed by atoms with Crippen LogP contribution < -0.4 is 5.32 Å². The average Bonchev–Trinajstić information content (AvgIpc) is 3.10. The highest BCUT2D eigenvalue weighted by atomic mass is 32.1. The van der Waals surface area contributed by atoms with Crippen molar-refractivity contribution in [3.63, 3.8) is 0 Å². The maximum atomic E-state index is 12.6. The molecule has 0 radical (unpaired) electrons. The van der Waals surface area contributed by atoms with E-state index in [0.29, 0.717) is 23.5 Å². The number of anilines is 1. The molecule has 0 saturated heterocycles. The summed E-state index contributed by atoms with van der Waals surface area (Å²) in [5.41, 5.74) is 1.31. The third-order valence-electron chi connectivity index (χ3n) is 4.14. The van der Waals surface area contributed by atoms with Gasteiger partial charge in [-0.2, -0.15) is 5.26 Å². The van der Waals surface area contributed by atoms with Crippen LogP contribution in [-0.4, -0.2) is 43.0 Å². The molecule has 0 aliphatic rings. The number of likely N-dealkylation sites (N-methyl/N-ethyl adjacent to an activating group) is 1. The summed E-state index contributed by atoms with van der Waals surface area (Å²) in [6.07, 6.45) is 0.347. The van der Waals surface area contributed by atoms with Crippen molar-refractivity contribution in [1.29, 1.82) is 5.26 Å². The minimum atomic E-state index is -0.461. The number of hydrogen-bond acceptors (Lipinski definition) is 6. The summed E-state index contributed by atoms with van der Waals surface area (Å²) < 4.78 is 5.13. The molecule has 0 bridgehead atoms. The molecular formula is C20H23N3O3S. The number of esters is 1. The molecule has 1 aromatic heterocycles. The van der Waals surface area contributed by atoms with E-state index in [9.17, 15) is 9.59 Å². The first kappa shape index (κ1) is 20.6. The number of nitrogens with zero attached hydrogens (tertiary/aromatic N) is 2. The standard InChI is InChI=1S/C20H23N3O3S/c1-4-26-20(25)16-13-17(15-9-6-5-7-10-15)27-19(16)22-18(24)14(2)23(3)12-8-11-21/h5-7,9-10,13-14H,4,8,12H2,1-3H3,(H,22,24)/t14-/m0/s1. The summed E-state index contributed by atoms with van der Waals surface area (Å²) in [5, 5.41) is 12.0. The molecule has 0 unspecified atom stereocenters. The van der Waals surface area contributed by atoms with Crippen LogP contribution >= 0.6 is 11.3 Å². The number of rotatable bonds is 8. The van der Waals surface area contributed by atoms with Crippen LogP contribution in [0.4, 0.5) is 5.00 Å². The Bertz CT molecular complexity index is 827. The number of carbonyl (C=O) groups is 2. The van der Waals surface area contributed by atoms with Crippen molar-refractivity contribution in [2.75, 3.05) is 25.5 Å². The number of nitriles is 1. The number of benzene rings is 1. The minimum absolute atomic E-state index is 0.234. The van der Waals surface area contributed by atoms with Gasteiger partial charge in [0.25, 0.3) is 0 Å². The number of thiophene rings is 1. The van der Waals surface area contributed by atoms with Crippen LogP contribution in [0.1, 0.15) is 30.6 Å². The molecule has 1 aromatic carbocycles. The predicted molar refractivity (Wildman–Crippen MR) is 107 cm³/mol. The number of carbonyl (C=O) groups excluding carboxylic acids is 2. The van der Waals surface area contributed by atoms with E-state index in [1.165, 1.54) is 11.3 Å². The fourth-order valence-corrected chi connectivity index (χ4v) is 3.48. The van der Waals surface area contributed by atoms with Crippen molar-refractivity contribution in [1.82, 2.24) is 4.90 Å².